The van der Waals surface area contributed by atoms with Gasteiger partial charge in [-0.15, -0.1) is 0 Å². The number of hydrogen-bond acceptors (Lipinski definition) is 1. The molecule has 2 nitrogen and oxygen atoms in total. The van der Waals surface area contributed by atoms with E-state index in [1.165, 1.54) is 12.1 Å². The van der Waals surface area contributed by atoms with Gasteiger partial charge in [-0.2, -0.15) is 0 Å². The van der Waals surface area contributed by atoms with Crippen LogP contribution in [0.1, 0.15) is 25.3 Å². The summed E-state index contributed by atoms with van der Waals surface area (Å²) >= 11 is 0. The van der Waals surface area contributed by atoms with Crippen molar-refractivity contribution >= 4 is 11.5 Å². The van der Waals surface area contributed by atoms with Crippen LogP contribution in [0.4, 0.5) is 8.78 Å². The molecule has 1 aromatic carbocycles. The fourth-order valence-corrected chi connectivity index (χ4v) is 1.44. The van der Waals surface area contributed by atoms with Gasteiger partial charge in [-0.25, -0.2) is 8.78 Å². The third kappa shape index (κ3) is 2.89. The predicted octanol–water partition coefficient (Wildman–Crippen LogP) is 3.23. The second kappa shape index (κ2) is 5.39. The van der Waals surface area contributed by atoms with Gasteiger partial charge in [0, 0.05) is 5.56 Å². The van der Waals surface area contributed by atoms with Crippen LogP contribution in [-0.4, -0.2) is 11.1 Å². The molecule has 0 bridgehead atoms. The maximum Gasteiger partial charge on any atom is 0.307 e. The largest absolute Gasteiger partial charge is 0.481 e. The maximum absolute atomic E-state index is 13.4. The van der Waals surface area contributed by atoms with Gasteiger partial charge >= 0.3 is 5.97 Å². The molecular formula is C12H12F2O2. The number of rotatable bonds is 4. The van der Waals surface area contributed by atoms with E-state index in [9.17, 15) is 13.6 Å². The molecule has 0 radical (unpaired) electrons. The van der Waals surface area contributed by atoms with Crippen molar-refractivity contribution in [3.8, 4) is 0 Å². The van der Waals surface area contributed by atoms with Gasteiger partial charge in [0.1, 0.15) is 11.6 Å². The van der Waals surface area contributed by atoms with Crippen molar-refractivity contribution < 1.29 is 18.7 Å². The molecule has 4 heteroatoms. The zero-order valence-corrected chi connectivity index (χ0v) is 8.84. The number of carboxylic acid groups (broad SMARTS) is 1. The maximum atomic E-state index is 13.4. The molecule has 0 fully saturated rings. The summed E-state index contributed by atoms with van der Waals surface area (Å²) in [5.41, 5.74) is 0.240. The summed E-state index contributed by atoms with van der Waals surface area (Å²) < 4.78 is 26.8. The SMILES string of the molecule is CC/C(=C\CC(=O)O)c1c(F)cccc1F. The summed E-state index contributed by atoms with van der Waals surface area (Å²) in [6.45, 7) is 1.72. The summed E-state index contributed by atoms with van der Waals surface area (Å²) in [6.07, 6.45) is 1.48. The lowest BCUT2D eigenvalue weighted by Gasteiger charge is -2.07. The van der Waals surface area contributed by atoms with Crippen LogP contribution in [0.3, 0.4) is 0 Å². The van der Waals surface area contributed by atoms with Gasteiger partial charge in [-0.3, -0.25) is 4.79 Å². The topological polar surface area (TPSA) is 37.3 Å². The molecule has 16 heavy (non-hydrogen) atoms. The minimum absolute atomic E-state index is 0.133. The molecular weight excluding hydrogens is 214 g/mol. The molecule has 0 aromatic heterocycles. The number of hydrogen-bond donors (Lipinski definition) is 1. The Morgan fingerprint density at radius 1 is 1.38 bits per heavy atom. The van der Waals surface area contributed by atoms with E-state index >= 15 is 0 Å². The minimum atomic E-state index is -1.03. The van der Waals surface area contributed by atoms with Crippen LogP contribution in [0, 0.1) is 11.6 Å². The predicted molar refractivity (Wildman–Crippen MR) is 56.9 cm³/mol. The van der Waals surface area contributed by atoms with E-state index < -0.39 is 17.6 Å². The molecule has 86 valence electrons. The van der Waals surface area contributed by atoms with Crippen LogP contribution in [0.25, 0.3) is 5.57 Å². The molecule has 0 aliphatic carbocycles. The van der Waals surface area contributed by atoms with Crippen LogP contribution in [0.2, 0.25) is 0 Å². The molecule has 0 heterocycles. The zero-order chi connectivity index (χ0) is 12.1. The van der Waals surface area contributed by atoms with Gasteiger partial charge in [0.15, 0.2) is 0 Å². The summed E-state index contributed by atoms with van der Waals surface area (Å²) in [4.78, 5) is 10.4. The number of benzene rings is 1. The fourth-order valence-electron chi connectivity index (χ4n) is 1.44. The van der Waals surface area contributed by atoms with E-state index in [1.807, 2.05) is 0 Å². The standard InChI is InChI=1S/C12H12F2O2/c1-2-8(6-7-11(15)16)12-9(13)4-3-5-10(12)14/h3-6H,2,7H2,1H3,(H,15,16)/b8-6+. The average Bonchev–Trinajstić information content (AvgIpc) is 2.22. The Hall–Kier alpha value is -1.71. The van der Waals surface area contributed by atoms with Crippen LogP contribution in [0.5, 0.6) is 0 Å². The third-order valence-corrected chi connectivity index (χ3v) is 2.19. The molecule has 0 saturated carbocycles. The van der Waals surface area contributed by atoms with Crippen molar-refractivity contribution in [2.24, 2.45) is 0 Å². The molecule has 0 spiro atoms. The van der Waals surface area contributed by atoms with E-state index in [2.05, 4.69) is 0 Å². The summed E-state index contributed by atoms with van der Waals surface area (Å²) in [7, 11) is 0. The van der Waals surface area contributed by atoms with Crippen molar-refractivity contribution in [1.29, 1.82) is 0 Å². The van der Waals surface area contributed by atoms with Gasteiger partial charge < -0.3 is 5.11 Å². The summed E-state index contributed by atoms with van der Waals surface area (Å²) in [5, 5.41) is 8.51. The van der Waals surface area contributed by atoms with Crippen LogP contribution in [0.15, 0.2) is 24.3 Å². The average molecular weight is 226 g/mol. The smallest absolute Gasteiger partial charge is 0.307 e. The van der Waals surface area contributed by atoms with Crippen LogP contribution in [-0.2, 0) is 4.79 Å². The Labute approximate surface area is 92.2 Å². The lowest BCUT2D eigenvalue weighted by molar-refractivity contribution is -0.135. The van der Waals surface area contributed by atoms with E-state index in [4.69, 9.17) is 5.11 Å². The number of carboxylic acids is 1. The van der Waals surface area contributed by atoms with E-state index in [1.54, 1.807) is 6.92 Å². The molecule has 1 N–H and O–H groups in total. The first-order valence-corrected chi connectivity index (χ1v) is 4.91. The second-order valence-electron chi connectivity index (χ2n) is 3.28. The highest BCUT2D eigenvalue weighted by atomic mass is 19.1. The molecule has 0 saturated heterocycles. The van der Waals surface area contributed by atoms with Crippen molar-refractivity contribution in [3.63, 3.8) is 0 Å². The highest BCUT2D eigenvalue weighted by molar-refractivity contribution is 5.74. The Kier molecular flexibility index (Phi) is 4.17. The third-order valence-electron chi connectivity index (χ3n) is 2.19. The minimum Gasteiger partial charge on any atom is -0.481 e. The Bertz CT molecular complexity index is 405. The first kappa shape index (κ1) is 12.4. The zero-order valence-electron chi connectivity index (χ0n) is 8.84. The molecule has 0 amide bonds. The Morgan fingerprint density at radius 3 is 2.38 bits per heavy atom. The molecule has 0 aliphatic rings. The van der Waals surface area contributed by atoms with Crippen molar-refractivity contribution in [2.75, 3.05) is 0 Å². The molecule has 0 unspecified atom stereocenters. The first-order chi connectivity index (χ1) is 7.56. The molecule has 1 rings (SSSR count). The first-order valence-electron chi connectivity index (χ1n) is 4.91. The second-order valence-corrected chi connectivity index (χ2v) is 3.28. The van der Waals surface area contributed by atoms with Gasteiger partial charge in [-0.05, 0) is 24.1 Å². The van der Waals surface area contributed by atoms with E-state index in [-0.39, 0.29) is 12.0 Å². The van der Waals surface area contributed by atoms with Gasteiger partial charge in [0.2, 0.25) is 0 Å². The molecule has 0 atom stereocenters. The summed E-state index contributed by atoms with van der Waals surface area (Å²) in [5.74, 6) is -2.36. The Balaban J connectivity index is 3.13. The highest BCUT2D eigenvalue weighted by Gasteiger charge is 2.12. The monoisotopic (exact) mass is 226 g/mol. The quantitative estimate of drug-likeness (QED) is 0.855. The normalized spacial score (nSPS) is 11.6. The number of carbonyl (C=O) groups is 1. The number of halogens is 2. The number of allylic oxidation sites excluding steroid dienone is 1. The number of aliphatic carboxylic acids is 1. The van der Waals surface area contributed by atoms with Crippen LogP contribution >= 0.6 is 0 Å². The molecule has 1 aromatic rings. The van der Waals surface area contributed by atoms with Gasteiger partial charge in [-0.1, -0.05) is 19.1 Å². The van der Waals surface area contributed by atoms with E-state index in [0.717, 1.165) is 12.1 Å². The fraction of sp³-hybridized carbons (Fsp3) is 0.250. The van der Waals surface area contributed by atoms with E-state index in [0.29, 0.717) is 12.0 Å². The summed E-state index contributed by atoms with van der Waals surface area (Å²) in [6, 6.07) is 3.59. The van der Waals surface area contributed by atoms with Crippen LogP contribution < -0.4 is 0 Å². The highest BCUT2D eigenvalue weighted by Crippen LogP contribution is 2.24. The van der Waals surface area contributed by atoms with Gasteiger partial charge in [0.25, 0.3) is 0 Å². The lowest BCUT2D eigenvalue weighted by Crippen LogP contribution is -1.97. The van der Waals surface area contributed by atoms with Crippen molar-refractivity contribution in [1.82, 2.24) is 0 Å². The van der Waals surface area contributed by atoms with Crippen molar-refractivity contribution in [3.05, 3.63) is 41.5 Å². The Morgan fingerprint density at radius 2 is 1.94 bits per heavy atom. The van der Waals surface area contributed by atoms with Crippen molar-refractivity contribution in [2.45, 2.75) is 19.8 Å². The molecule has 0 aliphatic heterocycles. The lowest BCUT2D eigenvalue weighted by atomic mass is 10.0. The van der Waals surface area contributed by atoms with Gasteiger partial charge in [0.05, 0.1) is 6.42 Å².